The van der Waals surface area contributed by atoms with Gasteiger partial charge in [0.15, 0.2) is 0 Å². The number of carbonyl (C=O) groups is 2. The van der Waals surface area contributed by atoms with Gasteiger partial charge in [-0.2, -0.15) is 0 Å². The summed E-state index contributed by atoms with van der Waals surface area (Å²) in [6.45, 7) is 7.28. The molecule has 0 fully saturated rings. The van der Waals surface area contributed by atoms with Crippen LogP contribution >= 0.6 is 0 Å². The summed E-state index contributed by atoms with van der Waals surface area (Å²) in [5.74, 6) is -0.815. The minimum absolute atomic E-state index is 0.0856. The van der Waals surface area contributed by atoms with Crippen molar-refractivity contribution in [1.29, 1.82) is 0 Å². The van der Waals surface area contributed by atoms with Gasteiger partial charge in [0, 0.05) is 20.0 Å². The van der Waals surface area contributed by atoms with Crippen molar-refractivity contribution >= 4 is 27.5 Å². The number of anilines is 1. The first-order valence-electron chi connectivity index (χ1n) is 14.3. The second kappa shape index (κ2) is 13.7. The standard InChI is InChI=1S/C35H39N3O4S/c1-25-14-16-32(17-15-25)43(41,42)38(31-20-27(3)18-28(4)21-31)24-34(39)37(23-30-13-9-10-26(2)19-30)33(35(40)36-5)22-29-11-7-6-8-12-29/h6-21,33H,22-24H2,1-5H3,(H,36,40). The number of nitrogens with zero attached hydrogens (tertiary/aromatic N) is 2. The average Bonchev–Trinajstić information content (AvgIpc) is 2.97. The molecule has 0 aliphatic carbocycles. The van der Waals surface area contributed by atoms with E-state index >= 15 is 0 Å². The van der Waals surface area contributed by atoms with E-state index in [1.54, 1.807) is 43.4 Å². The third kappa shape index (κ3) is 7.90. The van der Waals surface area contributed by atoms with Gasteiger partial charge >= 0.3 is 0 Å². The molecule has 0 heterocycles. The van der Waals surface area contributed by atoms with Crippen LogP contribution in [0.2, 0.25) is 0 Å². The summed E-state index contributed by atoms with van der Waals surface area (Å²) >= 11 is 0. The van der Waals surface area contributed by atoms with Crippen LogP contribution in [0.25, 0.3) is 0 Å². The van der Waals surface area contributed by atoms with E-state index in [0.29, 0.717) is 5.69 Å². The van der Waals surface area contributed by atoms with Crippen LogP contribution < -0.4 is 9.62 Å². The molecule has 224 valence electrons. The third-order valence-corrected chi connectivity index (χ3v) is 9.12. The van der Waals surface area contributed by atoms with E-state index in [4.69, 9.17) is 0 Å². The molecule has 1 atom stereocenters. The molecule has 0 spiro atoms. The molecule has 8 heteroatoms. The summed E-state index contributed by atoms with van der Waals surface area (Å²) < 4.78 is 29.5. The van der Waals surface area contributed by atoms with Gasteiger partial charge in [0.2, 0.25) is 11.8 Å². The van der Waals surface area contributed by atoms with Crippen molar-refractivity contribution in [3.8, 4) is 0 Å². The van der Waals surface area contributed by atoms with Crippen molar-refractivity contribution < 1.29 is 18.0 Å². The number of nitrogens with one attached hydrogen (secondary N) is 1. The predicted molar refractivity (Wildman–Crippen MR) is 171 cm³/mol. The first kappa shape index (κ1) is 31.5. The number of aryl methyl sites for hydroxylation is 4. The van der Waals surface area contributed by atoms with E-state index in [-0.39, 0.29) is 23.8 Å². The topological polar surface area (TPSA) is 86.8 Å². The predicted octanol–water partition coefficient (Wildman–Crippen LogP) is 5.50. The van der Waals surface area contributed by atoms with Crippen LogP contribution in [-0.4, -0.2) is 44.8 Å². The van der Waals surface area contributed by atoms with Gasteiger partial charge in [-0.3, -0.25) is 13.9 Å². The third-order valence-electron chi connectivity index (χ3n) is 7.34. The molecule has 4 aromatic rings. The number of amides is 2. The maximum atomic E-state index is 14.4. The molecule has 4 rings (SSSR count). The lowest BCUT2D eigenvalue weighted by Crippen LogP contribution is -2.53. The summed E-state index contributed by atoms with van der Waals surface area (Å²) in [6, 6.07) is 28.4. The summed E-state index contributed by atoms with van der Waals surface area (Å²) in [7, 11) is -2.60. The van der Waals surface area contributed by atoms with Gasteiger partial charge in [0.25, 0.3) is 10.0 Å². The molecule has 2 amide bonds. The van der Waals surface area contributed by atoms with Crippen molar-refractivity contribution in [2.24, 2.45) is 0 Å². The van der Waals surface area contributed by atoms with Crippen LogP contribution in [0.3, 0.4) is 0 Å². The Morgan fingerprint density at radius 2 is 1.35 bits per heavy atom. The van der Waals surface area contributed by atoms with Crippen molar-refractivity contribution in [3.05, 3.63) is 130 Å². The van der Waals surface area contributed by atoms with Crippen LogP contribution in [0.5, 0.6) is 0 Å². The van der Waals surface area contributed by atoms with Crippen LogP contribution in [0.1, 0.15) is 33.4 Å². The molecule has 0 radical (unpaired) electrons. The molecule has 0 saturated heterocycles. The van der Waals surface area contributed by atoms with Crippen molar-refractivity contribution in [1.82, 2.24) is 10.2 Å². The molecule has 7 nitrogen and oxygen atoms in total. The molecule has 4 aromatic carbocycles. The van der Waals surface area contributed by atoms with Gasteiger partial charge in [-0.15, -0.1) is 0 Å². The van der Waals surface area contributed by atoms with Crippen LogP contribution in [-0.2, 0) is 32.6 Å². The Kier molecular flexibility index (Phi) is 10.0. The number of likely N-dealkylation sites (N-methyl/N-ethyl adjacent to an activating group) is 1. The monoisotopic (exact) mass is 597 g/mol. The number of hydrogen-bond donors (Lipinski definition) is 1. The smallest absolute Gasteiger partial charge is 0.264 e. The minimum atomic E-state index is -4.14. The summed E-state index contributed by atoms with van der Waals surface area (Å²) in [5, 5.41) is 2.71. The van der Waals surface area contributed by atoms with Crippen molar-refractivity contribution in [2.45, 2.75) is 51.6 Å². The number of benzene rings is 4. The zero-order chi connectivity index (χ0) is 31.1. The number of carbonyl (C=O) groups excluding carboxylic acids is 2. The van der Waals surface area contributed by atoms with Gasteiger partial charge in [-0.1, -0.05) is 83.9 Å². The summed E-state index contributed by atoms with van der Waals surface area (Å²) in [6.07, 6.45) is 0.270. The van der Waals surface area contributed by atoms with Gasteiger partial charge < -0.3 is 10.2 Å². The Labute approximate surface area is 255 Å². The fraction of sp³-hybridized carbons (Fsp3) is 0.257. The molecule has 43 heavy (non-hydrogen) atoms. The Hall–Kier alpha value is -4.43. The molecule has 1 unspecified atom stereocenters. The Balaban J connectivity index is 1.81. The summed E-state index contributed by atoms with van der Waals surface area (Å²) in [4.78, 5) is 29.4. The normalized spacial score (nSPS) is 11.9. The lowest BCUT2D eigenvalue weighted by atomic mass is 10.0. The van der Waals surface area contributed by atoms with Gasteiger partial charge in [-0.05, 0) is 74.2 Å². The molecule has 0 saturated carbocycles. The highest BCUT2D eigenvalue weighted by Gasteiger charge is 2.34. The number of sulfonamides is 1. The zero-order valence-electron chi connectivity index (χ0n) is 25.4. The summed E-state index contributed by atoms with van der Waals surface area (Å²) in [5.41, 5.74) is 5.80. The van der Waals surface area contributed by atoms with E-state index in [2.05, 4.69) is 5.32 Å². The first-order valence-corrected chi connectivity index (χ1v) is 15.7. The van der Waals surface area contributed by atoms with Crippen LogP contribution in [0.4, 0.5) is 5.69 Å². The zero-order valence-corrected chi connectivity index (χ0v) is 26.2. The minimum Gasteiger partial charge on any atom is -0.357 e. The average molecular weight is 598 g/mol. The van der Waals surface area contributed by atoms with E-state index in [0.717, 1.165) is 37.7 Å². The second-order valence-corrected chi connectivity index (χ2v) is 12.9. The van der Waals surface area contributed by atoms with Gasteiger partial charge in [0.05, 0.1) is 10.6 Å². The lowest BCUT2D eigenvalue weighted by molar-refractivity contribution is -0.139. The Morgan fingerprint density at radius 3 is 1.95 bits per heavy atom. The van der Waals surface area contributed by atoms with Crippen molar-refractivity contribution in [2.75, 3.05) is 17.9 Å². The Bertz CT molecular complexity index is 1670. The van der Waals surface area contributed by atoms with E-state index in [1.165, 1.54) is 4.90 Å². The van der Waals surface area contributed by atoms with E-state index in [9.17, 15) is 18.0 Å². The van der Waals surface area contributed by atoms with E-state index in [1.807, 2.05) is 88.4 Å². The quantitative estimate of drug-likeness (QED) is 0.247. The second-order valence-electron chi connectivity index (χ2n) is 11.0. The van der Waals surface area contributed by atoms with E-state index < -0.39 is 28.5 Å². The molecular formula is C35H39N3O4S. The van der Waals surface area contributed by atoms with Crippen LogP contribution in [0, 0.1) is 27.7 Å². The highest BCUT2D eigenvalue weighted by Crippen LogP contribution is 2.27. The number of rotatable bonds is 11. The molecule has 0 aliphatic rings. The van der Waals surface area contributed by atoms with Gasteiger partial charge in [-0.25, -0.2) is 8.42 Å². The van der Waals surface area contributed by atoms with Gasteiger partial charge in [0.1, 0.15) is 12.6 Å². The molecule has 1 N–H and O–H groups in total. The lowest BCUT2D eigenvalue weighted by Gasteiger charge is -2.33. The highest BCUT2D eigenvalue weighted by molar-refractivity contribution is 7.92. The maximum Gasteiger partial charge on any atom is 0.264 e. The molecule has 0 bridgehead atoms. The SMILES string of the molecule is CNC(=O)C(Cc1ccccc1)N(Cc1cccc(C)c1)C(=O)CN(c1cc(C)cc(C)c1)S(=O)(=O)c1ccc(C)cc1. The number of hydrogen-bond acceptors (Lipinski definition) is 4. The molecular weight excluding hydrogens is 558 g/mol. The fourth-order valence-corrected chi connectivity index (χ4v) is 6.59. The molecule has 0 aromatic heterocycles. The maximum absolute atomic E-state index is 14.4. The fourth-order valence-electron chi connectivity index (χ4n) is 5.19. The highest BCUT2D eigenvalue weighted by atomic mass is 32.2. The molecule has 0 aliphatic heterocycles. The van der Waals surface area contributed by atoms with Crippen molar-refractivity contribution in [3.63, 3.8) is 0 Å². The van der Waals surface area contributed by atoms with Crippen LogP contribution in [0.15, 0.2) is 102 Å². The first-order chi connectivity index (χ1) is 20.5. The Morgan fingerprint density at radius 1 is 0.721 bits per heavy atom. The largest absolute Gasteiger partial charge is 0.357 e.